The second kappa shape index (κ2) is 9.97. The molecule has 2 aliphatic rings. The van der Waals surface area contributed by atoms with E-state index in [-0.39, 0.29) is 0 Å². The Hall–Kier alpha value is -1.53. The Morgan fingerprint density at radius 3 is 2.31 bits per heavy atom. The number of nitrogens with one attached hydrogen (secondary N) is 2. The van der Waals surface area contributed by atoms with Gasteiger partial charge in [0, 0.05) is 19.1 Å². The molecule has 0 saturated carbocycles. The van der Waals surface area contributed by atoms with Crippen LogP contribution in [0.15, 0.2) is 30.3 Å². The minimum Gasteiger partial charge on any atom is -0.348 e. The number of hydrogen-bond donors (Lipinski definition) is 2. The molecule has 142 valence electrons. The summed E-state index contributed by atoms with van der Waals surface area (Å²) in [4.78, 5) is 26.5. The van der Waals surface area contributed by atoms with Crippen molar-refractivity contribution < 1.29 is 9.59 Å². The topological polar surface area (TPSA) is 61.4 Å². The first kappa shape index (κ1) is 19.2. The second-order valence-corrected chi connectivity index (χ2v) is 8.43. The van der Waals surface area contributed by atoms with Crippen molar-refractivity contribution in [3.05, 3.63) is 35.9 Å². The van der Waals surface area contributed by atoms with Crippen LogP contribution in [0.1, 0.15) is 31.2 Å². The lowest BCUT2D eigenvalue weighted by Gasteiger charge is -2.39. The summed E-state index contributed by atoms with van der Waals surface area (Å²) in [6, 6.07) is 10.4. The molecule has 2 N–H and O–H groups in total. The lowest BCUT2D eigenvalue weighted by Crippen LogP contribution is -2.46. The fourth-order valence-corrected chi connectivity index (χ4v) is 4.83. The molecular weight excluding hydrogens is 346 g/mol. The molecule has 0 spiro atoms. The predicted octanol–water partition coefficient (Wildman–Crippen LogP) is 2.03. The second-order valence-electron chi connectivity index (χ2n) is 7.20. The van der Waals surface area contributed by atoms with Gasteiger partial charge in [0.05, 0.1) is 0 Å². The van der Waals surface area contributed by atoms with E-state index in [4.69, 9.17) is 0 Å². The highest BCUT2D eigenvalue weighted by molar-refractivity contribution is 7.99. The van der Waals surface area contributed by atoms with Gasteiger partial charge in [0.2, 0.25) is 0 Å². The molecule has 2 amide bonds. The van der Waals surface area contributed by atoms with Crippen LogP contribution in [-0.4, -0.2) is 53.9 Å². The first-order chi connectivity index (χ1) is 12.7. The minimum absolute atomic E-state index is 0.380. The summed E-state index contributed by atoms with van der Waals surface area (Å²) in [6.07, 6.45) is 4.84. The van der Waals surface area contributed by atoms with Gasteiger partial charge in [-0.3, -0.25) is 9.59 Å². The fourth-order valence-electron chi connectivity index (χ4n) is 3.75. The summed E-state index contributed by atoms with van der Waals surface area (Å²) in [7, 11) is 0. The quantitative estimate of drug-likeness (QED) is 0.773. The van der Waals surface area contributed by atoms with E-state index >= 15 is 0 Å². The minimum atomic E-state index is -0.550. The Morgan fingerprint density at radius 2 is 1.62 bits per heavy atom. The first-order valence-corrected chi connectivity index (χ1v) is 10.8. The molecule has 0 unspecified atom stereocenters. The molecule has 5 nitrogen and oxygen atoms in total. The molecule has 0 atom stereocenters. The highest BCUT2D eigenvalue weighted by Crippen LogP contribution is 2.26. The molecule has 0 aliphatic carbocycles. The molecule has 0 radical (unpaired) electrons. The van der Waals surface area contributed by atoms with Crippen LogP contribution in [0.3, 0.4) is 0 Å². The maximum atomic E-state index is 12.0. The van der Waals surface area contributed by atoms with Crippen LogP contribution in [-0.2, 0) is 16.1 Å². The van der Waals surface area contributed by atoms with E-state index in [1.165, 1.54) is 24.3 Å². The number of amides is 2. The number of likely N-dealkylation sites (tertiary alicyclic amines) is 1. The van der Waals surface area contributed by atoms with Crippen molar-refractivity contribution in [1.82, 2.24) is 15.5 Å². The summed E-state index contributed by atoms with van der Waals surface area (Å²) in [5.41, 5.74) is 0.988. The third-order valence-electron chi connectivity index (χ3n) is 5.41. The number of nitrogens with zero attached hydrogens (tertiary/aromatic N) is 1. The van der Waals surface area contributed by atoms with Gasteiger partial charge in [0.15, 0.2) is 0 Å². The third-order valence-corrected chi connectivity index (χ3v) is 6.46. The lowest BCUT2D eigenvalue weighted by atomic mass is 9.94. The van der Waals surface area contributed by atoms with E-state index in [9.17, 15) is 9.59 Å². The van der Waals surface area contributed by atoms with Crippen molar-refractivity contribution in [3.63, 3.8) is 0 Å². The smallest absolute Gasteiger partial charge is 0.309 e. The van der Waals surface area contributed by atoms with Crippen LogP contribution in [0.25, 0.3) is 0 Å². The van der Waals surface area contributed by atoms with Crippen LogP contribution in [0.4, 0.5) is 0 Å². The number of piperidine rings is 1. The maximum absolute atomic E-state index is 12.0. The van der Waals surface area contributed by atoms with Crippen molar-refractivity contribution in [1.29, 1.82) is 0 Å². The molecule has 6 heteroatoms. The SMILES string of the molecule is O=C(NCc1ccccc1)C(=O)NCC1CCN(C2CCSCC2)CC1. The number of benzene rings is 1. The number of thioether (sulfide) groups is 1. The van der Waals surface area contributed by atoms with E-state index in [0.717, 1.165) is 37.5 Å². The van der Waals surface area contributed by atoms with Crippen molar-refractivity contribution in [2.24, 2.45) is 5.92 Å². The van der Waals surface area contributed by atoms with Crippen molar-refractivity contribution in [2.45, 2.75) is 38.3 Å². The molecule has 3 rings (SSSR count). The van der Waals surface area contributed by atoms with E-state index in [1.807, 2.05) is 30.3 Å². The number of carbonyl (C=O) groups excluding carboxylic acids is 2. The highest BCUT2D eigenvalue weighted by Gasteiger charge is 2.26. The van der Waals surface area contributed by atoms with Crippen LogP contribution < -0.4 is 10.6 Å². The van der Waals surface area contributed by atoms with Gasteiger partial charge in [-0.15, -0.1) is 0 Å². The summed E-state index contributed by atoms with van der Waals surface area (Å²) >= 11 is 2.07. The van der Waals surface area contributed by atoms with E-state index in [1.54, 1.807) is 0 Å². The zero-order chi connectivity index (χ0) is 18.2. The van der Waals surface area contributed by atoms with Gasteiger partial charge in [0.1, 0.15) is 0 Å². The molecule has 2 saturated heterocycles. The van der Waals surface area contributed by atoms with Gasteiger partial charge in [0.25, 0.3) is 0 Å². The van der Waals surface area contributed by atoms with Gasteiger partial charge in [-0.25, -0.2) is 0 Å². The average molecular weight is 376 g/mol. The predicted molar refractivity (Wildman–Crippen MR) is 106 cm³/mol. The monoisotopic (exact) mass is 375 g/mol. The highest BCUT2D eigenvalue weighted by atomic mass is 32.2. The van der Waals surface area contributed by atoms with Gasteiger partial charge >= 0.3 is 11.8 Å². The van der Waals surface area contributed by atoms with Gasteiger partial charge in [-0.05, 0) is 61.8 Å². The molecule has 1 aromatic rings. The van der Waals surface area contributed by atoms with E-state index in [2.05, 4.69) is 27.3 Å². The normalized spacial score (nSPS) is 19.8. The van der Waals surface area contributed by atoms with Crippen LogP contribution in [0.5, 0.6) is 0 Å². The zero-order valence-corrected chi connectivity index (χ0v) is 16.1. The average Bonchev–Trinajstić information content (AvgIpc) is 2.72. The van der Waals surface area contributed by atoms with E-state index < -0.39 is 11.8 Å². The zero-order valence-electron chi connectivity index (χ0n) is 15.3. The summed E-state index contributed by atoms with van der Waals surface area (Å²) in [6.45, 7) is 3.23. The van der Waals surface area contributed by atoms with E-state index in [0.29, 0.717) is 19.0 Å². The largest absolute Gasteiger partial charge is 0.348 e. The lowest BCUT2D eigenvalue weighted by molar-refractivity contribution is -0.139. The van der Waals surface area contributed by atoms with Gasteiger partial charge in [-0.1, -0.05) is 30.3 Å². The Kier molecular flexibility index (Phi) is 7.38. The van der Waals surface area contributed by atoms with Gasteiger partial charge < -0.3 is 15.5 Å². The van der Waals surface area contributed by atoms with Crippen molar-refractivity contribution >= 4 is 23.6 Å². The van der Waals surface area contributed by atoms with Crippen molar-refractivity contribution in [3.8, 4) is 0 Å². The number of hydrogen-bond acceptors (Lipinski definition) is 4. The molecule has 26 heavy (non-hydrogen) atoms. The summed E-state index contributed by atoms with van der Waals surface area (Å²) in [5.74, 6) is 1.99. The Bertz CT molecular complexity index is 582. The molecular formula is C20H29N3O2S. The van der Waals surface area contributed by atoms with Crippen LogP contribution in [0.2, 0.25) is 0 Å². The third kappa shape index (κ3) is 5.74. The molecule has 2 heterocycles. The summed E-state index contributed by atoms with van der Waals surface area (Å²) < 4.78 is 0. The van der Waals surface area contributed by atoms with Gasteiger partial charge in [-0.2, -0.15) is 11.8 Å². The first-order valence-electron chi connectivity index (χ1n) is 9.64. The van der Waals surface area contributed by atoms with Crippen molar-refractivity contribution in [2.75, 3.05) is 31.1 Å². The fraction of sp³-hybridized carbons (Fsp3) is 0.600. The number of carbonyl (C=O) groups is 2. The Morgan fingerprint density at radius 1 is 0.962 bits per heavy atom. The summed E-state index contributed by atoms with van der Waals surface area (Å²) in [5, 5.41) is 5.49. The Labute approximate surface area is 160 Å². The molecule has 1 aromatic carbocycles. The maximum Gasteiger partial charge on any atom is 0.309 e. The van der Waals surface area contributed by atoms with Crippen LogP contribution in [0, 0.1) is 5.92 Å². The molecule has 2 aliphatic heterocycles. The Balaban J connectivity index is 1.32. The molecule has 0 aromatic heterocycles. The van der Waals surface area contributed by atoms with Crippen LogP contribution >= 0.6 is 11.8 Å². The molecule has 0 bridgehead atoms. The number of rotatable bonds is 5. The molecule has 2 fully saturated rings. The standard InChI is InChI=1S/C20H29N3O2S/c24-19(21-14-16-4-2-1-3-5-16)20(25)22-15-17-6-10-23(11-7-17)18-8-12-26-13-9-18/h1-5,17-18H,6-15H2,(H,21,24)(H,22,25).